The highest BCUT2D eigenvalue weighted by Crippen LogP contribution is 2.37. The molecule has 0 spiro atoms. The lowest BCUT2D eigenvalue weighted by Gasteiger charge is -2.34. The molecule has 1 unspecified atom stereocenters. The van der Waals surface area contributed by atoms with E-state index in [1.165, 1.54) is 32.1 Å². The molecule has 1 heterocycles. The summed E-state index contributed by atoms with van der Waals surface area (Å²) >= 11 is 0. The fourth-order valence-electron chi connectivity index (χ4n) is 3.15. The zero-order valence-electron chi connectivity index (χ0n) is 12.3. The summed E-state index contributed by atoms with van der Waals surface area (Å²) in [5.74, 6) is 0.942. The van der Waals surface area contributed by atoms with E-state index in [0.29, 0.717) is 23.8 Å². The highest BCUT2D eigenvalue weighted by atomic mass is 35.5. The van der Waals surface area contributed by atoms with Gasteiger partial charge in [-0.15, -0.1) is 12.4 Å². The maximum absolute atomic E-state index is 11.8. The van der Waals surface area contributed by atoms with Crippen molar-refractivity contribution in [1.82, 2.24) is 10.6 Å². The molecule has 2 rings (SSSR count). The van der Waals surface area contributed by atoms with Crippen LogP contribution in [0, 0.1) is 11.3 Å². The number of nitrogens with one attached hydrogen (secondary N) is 2. The molecule has 0 aromatic carbocycles. The van der Waals surface area contributed by atoms with Crippen molar-refractivity contribution in [3.63, 3.8) is 0 Å². The van der Waals surface area contributed by atoms with E-state index >= 15 is 0 Å². The van der Waals surface area contributed by atoms with Crippen LogP contribution in [0.2, 0.25) is 0 Å². The van der Waals surface area contributed by atoms with Crippen LogP contribution in [0.15, 0.2) is 0 Å². The normalized spacial score (nSPS) is 26.7. The van der Waals surface area contributed by atoms with Crippen LogP contribution < -0.4 is 10.6 Å². The molecule has 1 amide bonds. The first-order chi connectivity index (χ1) is 8.55. The van der Waals surface area contributed by atoms with Crippen LogP contribution in [-0.2, 0) is 4.79 Å². The van der Waals surface area contributed by atoms with E-state index in [0.717, 1.165) is 19.5 Å². The second-order valence-corrected chi connectivity index (χ2v) is 6.91. The van der Waals surface area contributed by atoms with Crippen LogP contribution in [0.4, 0.5) is 0 Å². The van der Waals surface area contributed by atoms with Crippen LogP contribution in [0.3, 0.4) is 0 Å². The molecule has 4 heteroatoms. The van der Waals surface area contributed by atoms with Gasteiger partial charge in [0.2, 0.25) is 5.91 Å². The Bertz CT molecular complexity index is 278. The van der Waals surface area contributed by atoms with E-state index in [1.54, 1.807) is 0 Å². The van der Waals surface area contributed by atoms with Gasteiger partial charge in [-0.05, 0) is 56.4 Å². The highest BCUT2D eigenvalue weighted by Gasteiger charge is 2.27. The van der Waals surface area contributed by atoms with E-state index in [2.05, 4.69) is 24.5 Å². The van der Waals surface area contributed by atoms with Crippen LogP contribution in [0.5, 0.6) is 0 Å². The van der Waals surface area contributed by atoms with Gasteiger partial charge >= 0.3 is 0 Å². The molecular weight excluding hydrogens is 260 g/mol. The van der Waals surface area contributed by atoms with Gasteiger partial charge < -0.3 is 10.6 Å². The van der Waals surface area contributed by atoms with E-state index in [-0.39, 0.29) is 18.3 Å². The average molecular weight is 289 g/mol. The van der Waals surface area contributed by atoms with Crippen LogP contribution in [0.1, 0.15) is 58.8 Å². The molecule has 1 aliphatic carbocycles. The molecule has 112 valence electrons. The van der Waals surface area contributed by atoms with Gasteiger partial charge in [0, 0.05) is 19.0 Å². The molecule has 19 heavy (non-hydrogen) atoms. The summed E-state index contributed by atoms with van der Waals surface area (Å²) in [5.41, 5.74) is 0.522. The Labute approximate surface area is 123 Å². The molecule has 1 aliphatic heterocycles. The van der Waals surface area contributed by atoms with Crippen molar-refractivity contribution in [3.8, 4) is 0 Å². The molecule has 0 bridgehead atoms. The minimum absolute atomic E-state index is 0. The Kier molecular flexibility index (Phi) is 6.61. The van der Waals surface area contributed by atoms with Crippen molar-refractivity contribution in [3.05, 3.63) is 0 Å². The summed E-state index contributed by atoms with van der Waals surface area (Å²) in [4.78, 5) is 11.8. The van der Waals surface area contributed by atoms with Gasteiger partial charge in [-0.3, -0.25) is 4.79 Å². The highest BCUT2D eigenvalue weighted by molar-refractivity contribution is 5.85. The largest absolute Gasteiger partial charge is 0.356 e. The fourth-order valence-corrected chi connectivity index (χ4v) is 3.15. The number of halogens is 1. The monoisotopic (exact) mass is 288 g/mol. The number of carbonyl (C=O) groups is 1. The van der Waals surface area contributed by atoms with Crippen LogP contribution in [-0.4, -0.2) is 25.0 Å². The number of hydrogen-bond acceptors (Lipinski definition) is 2. The summed E-state index contributed by atoms with van der Waals surface area (Å²) in [6, 6.07) is 0.426. The maximum atomic E-state index is 11.8. The topological polar surface area (TPSA) is 41.1 Å². The van der Waals surface area contributed by atoms with Gasteiger partial charge in [0.25, 0.3) is 0 Å². The summed E-state index contributed by atoms with van der Waals surface area (Å²) in [6.45, 7) is 6.68. The Hall–Kier alpha value is -0.280. The fraction of sp³-hybridized carbons (Fsp3) is 0.933. The number of hydrogen-bond donors (Lipinski definition) is 2. The van der Waals surface area contributed by atoms with Crippen molar-refractivity contribution in [2.45, 2.75) is 64.8 Å². The molecule has 1 saturated carbocycles. The number of amides is 1. The molecule has 3 nitrogen and oxygen atoms in total. The number of rotatable bonds is 4. The average Bonchev–Trinajstić information content (AvgIpc) is 2.80. The second kappa shape index (κ2) is 7.49. The Morgan fingerprint density at radius 1 is 1.26 bits per heavy atom. The van der Waals surface area contributed by atoms with E-state index in [4.69, 9.17) is 0 Å². The third kappa shape index (κ3) is 5.70. The lowest BCUT2D eigenvalue weighted by atomic mass is 9.73. The quantitative estimate of drug-likeness (QED) is 0.835. The van der Waals surface area contributed by atoms with Crippen molar-refractivity contribution < 1.29 is 4.79 Å². The minimum atomic E-state index is 0. The first-order valence-corrected chi connectivity index (χ1v) is 7.55. The van der Waals surface area contributed by atoms with Gasteiger partial charge in [0.15, 0.2) is 0 Å². The van der Waals surface area contributed by atoms with Gasteiger partial charge in [0.05, 0.1) is 0 Å². The first kappa shape index (κ1) is 16.8. The van der Waals surface area contributed by atoms with Crippen molar-refractivity contribution in [1.29, 1.82) is 0 Å². The third-order valence-electron chi connectivity index (χ3n) is 4.64. The van der Waals surface area contributed by atoms with Gasteiger partial charge in [-0.2, -0.15) is 0 Å². The second-order valence-electron chi connectivity index (χ2n) is 6.91. The number of carbonyl (C=O) groups excluding carboxylic acids is 1. The van der Waals surface area contributed by atoms with Crippen molar-refractivity contribution in [2.75, 3.05) is 13.1 Å². The zero-order chi connectivity index (χ0) is 13.0. The predicted octanol–water partition coefficient (Wildman–Crippen LogP) is 2.88. The summed E-state index contributed by atoms with van der Waals surface area (Å²) in [6.07, 6.45) is 8.19. The Morgan fingerprint density at radius 3 is 2.53 bits per heavy atom. The van der Waals surface area contributed by atoms with Gasteiger partial charge in [0.1, 0.15) is 0 Å². The Morgan fingerprint density at radius 2 is 1.95 bits per heavy atom. The third-order valence-corrected chi connectivity index (χ3v) is 4.64. The summed E-state index contributed by atoms with van der Waals surface area (Å²) < 4.78 is 0. The molecule has 1 atom stereocenters. The first-order valence-electron chi connectivity index (χ1n) is 7.55. The lowest BCUT2D eigenvalue weighted by molar-refractivity contribution is -0.121. The zero-order valence-corrected chi connectivity index (χ0v) is 13.2. The van der Waals surface area contributed by atoms with Crippen LogP contribution >= 0.6 is 12.4 Å². The van der Waals surface area contributed by atoms with Crippen molar-refractivity contribution >= 4 is 18.3 Å². The lowest BCUT2D eigenvalue weighted by Crippen LogP contribution is -2.36. The molecular formula is C15H29ClN2O. The molecule has 0 aromatic rings. The van der Waals surface area contributed by atoms with E-state index in [1.807, 2.05) is 0 Å². The molecule has 2 fully saturated rings. The maximum Gasteiger partial charge on any atom is 0.221 e. The molecule has 1 saturated heterocycles. The van der Waals surface area contributed by atoms with E-state index in [9.17, 15) is 4.79 Å². The molecule has 0 aromatic heterocycles. The van der Waals surface area contributed by atoms with Gasteiger partial charge in [-0.25, -0.2) is 0 Å². The standard InChI is InChI=1S/C15H28N2O.ClH/c1-15(2)7-5-12(6-8-15)11-17-14(18)10-13-4-3-9-16-13;/h12-13,16H,3-11H2,1-2H3,(H,17,18);1H. The molecule has 2 N–H and O–H groups in total. The minimum Gasteiger partial charge on any atom is -0.356 e. The smallest absolute Gasteiger partial charge is 0.221 e. The van der Waals surface area contributed by atoms with Crippen LogP contribution in [0.25, 0.3) is 0 Å². The molecule has 2 aliphatic rings. The molecule has 0 radical (unpaired) electrons. The SMILES string of the molecule is CC1(C)CCC(CNC(=O)CC2CCCN2)CC1.Cl. The predicted molar refractivity (Wildman–Crippen MR) is 81.6 cm³/mol. The van der Waals surface area contributed by atoms with Crippen molar-refractivity contribution in [2.24, 2.45) is 11.3 Å². The summed E-state index contributed by atoms with van der Waals surface area (Å²) in [5, 5.41) is 6.50. The Balaban J connectivity index is 0.00000180. The van der Waals surface area contributed by atoms with Gasteiger partial charge in [-0.1, -0.05) is 13.8 Å². The van der Waals surface area contributed by atoms with E-state index < -0.39 is 0 Å². The summed E-state index contributed by atoms with van der Waals surface area (Å²) in [7, 11) is 0.